The monoisotopic (exact) mass is 440 g/mol. The van der Waals surface area contributed by atoms with Crippen LogP contribution < -0.4 is 20.0 Å². The molecule has 1 N–H and O–H groups in total. The van der Waals surface area contributed by atoms with Gasteiger partial charge in [-0.2, -0.15) is 0 Å². The summed E-state index contributed by atoms with van der Waals surface area (Å²) < 4.78 is 46.1. The van der Waals surface area contributed by atoms with Crippen LogP contribution in [0.15, 0.2) is 80.8 Å². The molecule has 4 aromatic rings. The first-order valence-corrected chi connectivity index (χ1v) is 11.0. The number of aryl methyl sites for hydroxylation is 1. The molecule has 160 valence electrons. The van der Waals surface area contributed by atoms with Crippen molar-refractivity contribution in [1.29, 1.82) is 0 Å². The fourth-order valence-corrected chi connectivity index (χ4v) is 4.11. The van der Waals surface area contributed by atoms with Gasteiger partial charge in [0.15, 0.2) is 11.3 Å². The molecule has 31 heavy (non-hydrogen) atoms. The SMILES string of the molecule is CCOc1ccc(Oc2ccccc2NS(=O)(=O)c2ccc3c(c2)oc(=O)n3C)cc1. The van der Waals surface area contributed by atoms with Crippen molar-refractivity contribution >= 4 is 26.8 Å². The quantitative estimate of drug-likeness (QED) is 0.464. The van der Waals surface area contributed by atoms with Crippen molar-refractivity contribution in [1.82, 2.24) is 4.57 Å². The Morgan fingerprint density at radius 1 is 1.00 bits per heavy atom. The second-order valence-electron chi connectivity index (χ2n) is 6.66. The number of rotatable bonds is 7. The van der Waals surface area contributed by atoms with Crippen molar-refractivity contribution in [2.45, 2.75) is 11.8 Å². The first-order chi connectivity index (χ1) is 14.9. The molecule has 0 radical (unpaired) electrons. The van der Waals surface area contributed by atoms with Crippen molar-refractivity contribution in [3.63, 3.8) is 0 Å². The Bertz CT molecular complexity index is 1390. The summed E-state index contributed by atoms with van der Waals surface area (Å²) >= 11 is 0. The van der Waals surface area contributed by atoms with Gasteiger partial charge in [0.25, 0.3) is 10.0 Å². The number of para-hydroxylation sites is 2. The summed E-state index contributed by atoms with van der Waals surface area (Å²) in [6, 6.07) is 18.0. The van der Waals surface area contributed by atoms with Gasteiger partial charge in [0.05, 0.1) is 22.7 Å². The van der Waals surface area contributed by atoms with Gasteiger partial charge < -0.3 is 13.9 Å². The van der Waals surface area contributed by atoms with Crippen LogP contribution in [0.1, 0.15) is 6.92 Å². The molecule has 1 aromatic heterocycles. The molecule has 0 aliphatic carbocycles. The summed E-state index contributed by atoms with van der Waals surface area (Å²) in [5.41, 5.74) is 0.962. The summed E-state index contributed by atoms with van der Waals surface area (Å²) in [5.74, 6) is 1.02. The lowest BCUT2D eigenvalue weighted by Crippen LogP contribution is -2.13. The van der Waals surface area contributed by atoms with E-state index in [4.69, 9.17) is 13.9 Å². The molecule has 0 saturated carbocycles. The van der Waals surface area contributed by atoms with Crippen molar-refractivity contribution in [3.8, 4) is 17.2 Å². The molecule has 0 atom stereocenters. The van der Waals surface area contributed by atoms with E-state index in [-0.39, 0.29) is 16.2 Å². The Balaban J connectivity index is 1.61. The first kappa shape index (κ1) is 20.5. The fourth-order valence-electron chi connectivity index (χ4n) is 3.02. The molecule has 3 aromatic carbocycles. The maximum absolute atomic E-state index is 12.9. The van der Waals surface area contributed by atoms with E-state index in [1.54, 1.807) is 55.6 Å². The van der Waals surface area contributed by atoms with Crippen molar-refractivity contribution in [3.05, 3.63) is 77.3 Å². The zero-order chi connectivity index (χ0) is 22.0. The molecule has 4 rings (SSSR count). The van der Waals surface area contributed by atoms with Gasteiger partial charge >= 0.3 is 5.76 Å². The molecular weight excluding hydrogens is 420 g/mol. The highest BCUT2D eigenvalue weighted by atomic mass is 32.2. The van der Waals surface area contributed by atoms with Gasteiger partial charge in [-0.3, -0.25) is 9.29 Å². The minimum atomic E-state index is -3.96. The Morgan fingerprint density at radius 2 is 1.71 bits per heavy atom. The van der Waals surface area contributed by atoms with Gasteiger partial charge in [0.2, 0.25) is 0 Å². The molecule has 0 spiro atoms. The van der Waals surface area contributed by atoms with Gasteiger partial charge in [-0.05, 0) is 55.5 Å². The number of benzene rings is 3. The number of hydrogen-bond acceptors (Lipinski definition) is 6. The first-order valence-electron chi connectivity index (χ1n) is 9.49. The highest BCUT2D eigenvalue weighted by Crippen LogP contribution is 2.32. The highest BCUT2D eigenvalue weighted by molar-refractivity contribution is 7.92. The fraction of sp³-hybridized carbons (Fsp3) is 0.136. The van der Waals surface area contributed by atoms with Crippen LogP contribution in [0.5, 0.6) is 17.2 Å². The average Bonchev–Trinajstić information content (AvgIpc) is 3.04. The van der Waals surface area contributed by atoms with E-state index in [0.29, 0.717) is 29.4 Å². The summed E-state index contributed by atoms with van der Waals surface area (Å²) in [7, 11) is -2.41. The molecule has 0 fully saturated rings. The third-order valence-electron chi connectivity index (χ3n) is 4.57. The van der Waals surface area contributed by atoms with Gasteiger partial charge in [0, 0.05) is 13.1 Å². The largest absolute Gasteiger partial charge is 0.494 e. The topological polar surface area (TPSA) is 99.8 Å². The van der Waals surface area contributed by atoms with E-state index in [1.165, 1.54) is 22.8 Å². The summed E-state index contributed by atoms with van der Waals surface area (Å²) in [6.07, 6.45) is 0. The average molecular weight is 440 g/mol. The molecule has 1 heterocycles. The second kappa shape index (κ2) is 8.19. The Kier molecular flexibility index (Phi) is 5.43. The van der Waals surface area contributed by atoms with E-state index >= 15 is 0 Å². The minimum absolute atomic E-state index is 0.0368. The minimum Gasteiger partial charge on any atom is -0.494 e. The molecule has 0 saturated heterocycles. The molecule has 0 aliphatic rings. The molecule has 8 nitrogen and oxygen atoms in total. The van der Waals surface area contributed by atoms with E-state index in [1.807, 2.05) is 6.92 Å². The number of nitrogens with one attached hydrogen (secondary N) is 1. The smallest absolute Gasteiger partial charge is 0.419 e. The lowest BCUT2D eigenvalue weighted by atomic mass is 10.3. The Morgan fingerprint density at radius 3 is 2.45 bits per heavy atom. The van der Waals surface area contributed by atoms with Crippen LogP contribution in [-0.2, 0) is 17.1 Å². The zero-order valence-corrected chi connectivity index (χ0v) is 17.7. The summed E-state index contributed by atoms with van der Waals surface area (Å²) in [5, 5.41) is 0. The number of hydrogen-bond donors (Lipinski definition) is 1. The van der Waals surface area contributed by atoms with E-state index < -0.39 is 15.8 Å². The number of sulfonamides is 1. The summed E-state index contributed by atoms with van der Waals surface area (Å²) in [6.45, 7) is 2.46. The van der Waals surface area contributed by atoms with Gasteiger partial charge in [-0.25, -0.2) is 13.2 Å². The van der Waals surface area contributed by atoms with E-state index in [9.17, 15) is 13.2 Å². The Labute approximate surface area is 178 Å². The molecule has 0 aliphatic heterocycles. The standard InChI is InChI=1S/C22H20N2O6S/c1-3-28-15-8-10-16(11-9-15)29-20-7-5-4-6-18(20)23-31(26,27)17-12-13-19-21(14-17)30-22(25)24(19)2/h4-14,23H,3H2,1-2H3. The number of oxazole rings is 1. The van der Waals surface area contributed by atoms with E-state index in [0.717, 1.165) is 0 Å². The predicted molar refractivity (Wildman–Crippen MR) is 116 cm³/mol. The molecular formula is C22H20N2O6S. The summed E-state index contributed by atoms with van der Waals surface area (Å²) in [4.78, 5) is 11.6. The maximum atomic E-state index is 12.9. The Hall–Kier alpha value is -3.72. The van der Waals surface area contributed by atoms with Crippen LogP contribution in [0.25, 0.3) is 11.1 Å². The number of nitrogens with zero attached hydrogens (tertiary/aromatic N) is 1. The lowest BCUT2D eigenvalue weighted by Gasteiger charge is -2.14. The van der Waals surface area contributed by atoms with Crippen LogP contribution >= 0.6 is 0 Å². The maximum Gasteiger partial charge on any atom is 0.419 e. The third-order valence-corrected chi connectivity index (χ3v) is 5.93. The van der Waals surface area contributed by atoms with Crippen LogP contribution in [0.2, 0.25) is 0 Å². The van der Waals surface area contributed by atoms with Crippen LogP contribution in [0, 0.1) is 0 Å². The number of anilines is 1. The lowest BCUT2D eigenvalue weighted by molar-refractivity contribution is 0.339. The van der Waals surface area contributed by atoms with Crippen molar-refractivity contribution in [2.75, 3.05) is 11.3 Å². The third kappa shape index (κ3) is 4.26. The van der Waals surface area contributed by atoms with Gasteiger partial charge in [0.1, 0.15) is 11.5 Å². The number of aromatic nitrogens is 1. The van der Waals surface area contributed by atoms with Gasteiger partial charge in [-0.1, -0.05) is 12.1 Å². The predicted octanol–water partition coefficient (Wildman–Crippen LogP) is 4.12. The van der Waals surface area contributed by atoms with Crippen LogP contribution in [0.4, 0.5) is 5.69 Å². The van der Waals surface area contributed by atoms with Crippen LogP contribution in [-0.4, -0.2) is 19.6 Å². The normalized spacial score (nSPS) is 11.4. The molecule has 0 bridgehead atoms. The van der Waals surface area contributed by atoms with Crippen molar-refractivity contribution in [2.24, 2.45) is 7.05 Å². The number of ether oxygens (including phenoxy) is 2. The van der Waals surface area contributed by atoms with Crippen LogP contribution in [0.3, 0.4) is 0 Å². The molecule has 0 amide bonds. The van der Waals surface area contributed by atoms with Crippen molar-refractivity contribution < 1.29 is 22.3 Å². The second-order valence-corrected chi connectivity index (χ2v) is 8.35. The van der Waals surface area contributed by atoms with Gasteiger partial charge in [-0.15, -0.1) is 0 Å². The highest BCUT2D eigenvalue weighted by Gasteiger charge is 2.19. The molecule has 0 unspecified atom stereocenters. The zero-order valence-electron chi connectivity index (χ0n) is 16.9. The number of fused-ring (bicyclic) bond motifs is 1. The molecule has 9 heteroatoms. The van der Waals surface area contributed by atoms with E-state index in [2.05, 4.69) is 4.72 Å².